The highest BCUT2D eigenvalue weighted by atomic mass is 16.3. The van der Waals surface area contributed by atoms with E-state index in [0.29, 0.717) is 0 Å². The lowest BCUT2D eigenvalue weighted by atomic mass is 9.92. The van der Waals surface area contributed by atoms with Gasteiger partial charge in [-0.25, -0.2) is 0 Å². The molecule has 0 aliphatic heterocycles. The predicted molar refractivity (Wildman–Crippen MR) is 48.8 cm³/mol. The minimum absolute atomic E-state index is 0.521. The molecule has 0 bridgehead atoms. The van der Waals surface area contributed by atoms with Crippen LogP contribution in [0.1, 0.15) is 26.2 Å². The maximum absolute atomic E-state index is 9.84. The van der Waals surface area contributed by atoms with Crippen molar-refractivity contribution >= 4 is 0 Å². The number of hydrogen-bond donors (Lipinski definition) is 2. The minimum Gasteiger partial charge on any atom is -0.385 e. The molecule has 0 amide bonds. The molecule has 0 saturated carbocycles. The lowest BCUT2D eigenvalue weighted by Gasteiger charge is -2.23. The molecule has 2 nitrogen and oxygen atoms in total. The number of rotatable bonds is 3. The van der Waals surface area contributed by atoms with Gasteiger partial charge >= 0.3 is 0 Å². The normalized spacial score (nSPS) is 34.1. The standard InChI is InChI=1S/C10H16O2/c1-2-3-6-10(12)7-4-9(11)5-8-10/h4-5,7-9,11-12H,2-3,6H2,1H3. The zero-order chi connectivity index (χ0) is 9.03. The topological polar surface area (TPSA) is 40.5 Å². The first kappa shape index (κ1) is 9.49. The maximum atomic E-state index is 9.84. The summed E-state index contributed by atoms with van der Waals surface area (Å²) in [5, 5.41) is 18.9. The van der Waals surface area contributed by atoms with Crippen molar-refractivity contribution in [3.05, 3.63) is 24.3 Å². The van der Waals surface area contributed by atoms with Crippen LogP contribution >= 0.6 is 0 Å². The van der Waals surface area contributed by atoms with Crippen molar-refractivity contribution in [2.75, 3.05) is 0 Å². The Balaban J connectivity index is 2.50. The highest BCUT2D eigenvalue weighted by molar-refractivity contribution is 5.22. The molecule has 0 atom stereocenters. The first-order chi connectivity index (χ1) is 5.66. The van der Waals surface area contributed by atoms with E-state index < -0.39 is 11.7 Å². The summed E-state index contributed by atoms with van der Waals surface area (Å²) in [6, 6.07) is 0. The SMILES string of the molecule is CCCCC1(O)C=CC(O)C=C1. The molecule has 68 valence electrons. The Hall–Kier alpha value is -0.600. The van der Waals surface area contributed by atoms with Gasteiger partial charge in [-0.05, 0) is 6.42 Å². The molecular formula is C10H16O2. The average Bonchev–Trinajstić information content (AvgIpc) is 2.08. The van der Waals surface area contributed by atoms with Crippen LogP contribution in [0.15, 0.2) is 24.3 Å². The fourth-order valence-corrected chi connectivity index (χ4v) is 1.28. The lowest BCUT2D eigenvalue weighted by molar-refractivity contribution is 0.122. The molecule has 0 heterocycles. The summed E-state index contributed by atoms with van der Waals surface area (Å²) in [5.74, 6) is 0. The summed E-state index contributed by atoms with van der Waals surface area (Å²) in [6.07, 6.45) is 8.88. The fraction of sp³-hybridized carbons (Fsp3) is 0.600. The molecule has 1 aliphatic rings. The Morgan fingerprint density at radius 3 is 2.42 bits per heavy atom. The van der Waals surface area contributed by atoms with Crippen molar-refractivity contribution < 1.29 is 10.2 Å². The van der Waals surface area contributed by atoms with Crippen molar-refractivity contribution in [2.45, 2.75) is 37.9 Å². The van der Waals surface area contributed by atoms with Gasteiger partial charge < -0.3 is 10.2 Å². The first-order valence-electron chi connectivity index (χ1n) is 4.45. The van der Waals surface area contributed by atoms with E-state index in [9.17, 15) is 5.11 Å². The van der Waals surface area contributed by atoms with Gasteiger partial charge in [0.1, 0.15) is 5.60 Å². The van der Waals surface area contributed by atoms with Gasteiger partial charge in [0.05, 0.1) is 6.10 Å². The van der Waals surface area contributed by atoms with Crippen molar-refractivity contribution in [1.82, 2.24) is 0 Å². The van der Waals surface area contributed by atoms with Gasteiger partial charge in [0.25, 0.3) is 0 Å². The second-order valence-corrected chi connectivity index (χ2v) is 3.30. The number of aliphatic hydroxyl groups excluding tert-OH is 1. The summed E-state index contributed by atoms with van der Waals surface area (Å²) in [6.45, 7) is 2.09. The second kappa shape index (κ2) is 3.87. The van der Waals surface area contributed by atoms with Crippen LogP contribution < -0.4 is 0 Å². The quantitative estimate of drug-likeness (QED) is 0.625. The van der Waals surface area contributed by atoms with Crippen molar-refractivity contribution in [3.8, 4) is 0 Å². The van der Waals surface area contributed by atoms with Gasteiger partial charge in [-0.1, -0.05) is 44.1 Å². The minimum atomic E-state index is -0.810. The molecular weight excluding hydrogens is 152 g/mol. The predicted octanol–water partition coefficient (Wildman–Crippen LogP) is 1.39. The van der Waals surface area contributed by atoms with Crippen molar-refractivity contribution in [3.63, 3.8) is 0 Å². The Bertz CT molecular complexity index is 180. The third-order valence-electron chi connectivity index (χ3n) is 2.09. The molecule has 12 heavy (non-hydrogen) atoms. The third-order valence-corrected chi connectivity index (χ3v) is 2.09. The molecule has 0 fully saturated rings. The highest BCUT2D eigenvalue weighted by Gasteiger charge is 2.21. The van der Waals surface area contributed by atoms with Gasteiger partial charge in [-0.3, -0.25) is 0 Å². The van der Waals surface area contributed by atoms with E-state index >= 15 is 0 Å². The third kappa shape index (κ3) is 2.47. The van der Waals surface area contributed by atoms with E-state index in [-0.39, 0.29) is 0 Å². The van der Waals surface area contributed by atoms with Crippen LogP contribution in [0.3, 0.4) is 0 Å². The lowest BCUT2D eigenvalue weighted by Crippen LogP contribution is -2.26. The van der Waals surface area contributed by atoms with E-state index in [1.165, 1.54) is 0 Å². The molecule has 0 aromatic heterocycles. The summed E-state index contributed by atoms with van der Waals surface area (Å²) < 4.78 is 0. The average molecular weight is 168 g/mol. The second-order valence-electron chi connectivity index (χ2n) is 3.30. The fourth-order valence-electron chi connectivity index (χ4n) is 1.28. The summed E-state index contributed by atoms with van der Waals surface area (Å²) in [4.78, 5) is 0. The zero-order valence-corrected chi connectivity index (χ0v) is 7.40. The Labute approximate surface area is 73.2 Å². The van der Waals surface area contributed by atoms with E-state index in [0.717, 1.165) is 19.3 Å². The van der Waals surface area contributed by atoms with Crippen LogP contribution in [-0.2, 0) is 0 Å². The largest absolute Gasteiger partial charge is 0.385 e. The number of hydrogen-bond acceptors (Lipinski definition) is 2. The molecule has 0 aromatic rings. The smallest absolute Gasteiger partial charge is 0.101 e. The monoisotopic (exact) mass is 168 g/mol. The summed E-state index contributed by atoms with van der Waals surface area (Å²) in [7, 11) is 0. The Morgan fingerprint density at radius 1 is 1.33 bits per heavy atom. The van der Waals surface area contributed by atoms with E-state index in [1.807, 2.05) is 0 Å². The van der Waals surface area contributed by atoms with Crippen LogP contribution in [-0.4, -0.2) is 21.9 Å². The van der Waals surface area contributed by atoms with E-state index in [4.69, 9.17) is 5.11 Å². The Kier molecular flexibility index (Phi) is 3.06. The van der Waals surface area contributed by atoms with Gasteiger partial charge in [-0.15, -0.1) is 0 Å². The van der Waals surface area contributed by atoms with Gasteiger partial charge in [-0.2, -0.15) is 0 Å². The van der Waals surface area contributed by atoms with Gasteiger partial charge in [0, 0.05) is 0 Å². The van der Waals surface area contributed by atoms with Crippen LogP contribution in [0.5, 0.6) is 0 Å². The highest BCUT2D eigenvalue weighted by Crippen LogP contribution is 2.21. The van der Waals surface area contributed by atoms with E-state index in [1.54, 1.807) is 24.3 Å². The van der Waals surface area contributed by atoms with E-state index in [2.05, 4.69) is 6.92 Å². The molecule has 1 aliphatic carbocycles. The molecule has 0 spiro atoms. The van der Waals surface area contributed by atoms with Crippen LogP contribution in [0.25, 0.3) is 0 Å². The summed E-state index contributed by atoms with van der Waals surface area (Å²) >= 11 is 0. The van der Waals surface area contributed by atoms with Crippen molar-refractivity contribution in [2.24, 2.45) is 0 Å². The molecule has 0 radical (unpaired) electrons. The maximum Gasteiger partial charge on any atom is 0.101 e. The molecule has 0 aromatic carbocycles. The molecule has 2 N–H and O–H groups in total. The van der Waals surface area contributed by atoms with Crippen molar-refractivity contribution in [1.29, 1.82) is 0 Å². The zero-order valence-electron chi connectivity index (χ0n) is 7.40. The van der Waals surface area contributed by atoms with Crippen LogP contribution in [0.4, 0.5) is 0 Å². The molecule has 0 saturated heterocycles. The summed E-state index contributed by atoms with van der Waals surface area (Å²) in [5.41, 5.74) is -0.810. The molecule has 1 rings (SSSR count). The van der Waals surface area contributed by atoms with Crippen LogP contribution in [0.2, 0.25) is 0 Å². The van der Waals surface area contributed by atoms with Gasteiger partial charge in [0.15, 0.2) is 0 Å². The first-order valence-corrected chi connectivity index (χ1v) is 4.45. The number of unbranched alkanes of at least 4 members (excludes halogenated alkanes) is 1. The Morgan fingerprint density at radius 2 is 1.92 bits per heavy atom. The number of aliphatic hydroxyl groups is 2. The van der Waals surface area contributed by atoms with Crippen LogP contribution in [0, 0.1) is 0 Å². The molecule has 2 heteroatoms. The molecule has 0 unspecified atom stereocenters. The van der Waals surface area contributed by atoms with Gasteiger partial charge in [0.2, 0.25) is 0 Å².